The van der Waals surface area contributed by atoms with Gasteiger partial charge in [0, 0.05) is 18.7 Å². The summed E-state index contributed by atoms with van der Waals surface area (Å²) in [6.45, 7) is 2.02. The lowest BCUT2D eigenvalue weighted by molar-refractivity contribution is 0.0740. The first-order valence-electron chi connectivity index (χ1n) is 6.24. The van der Waals surface area contributed by atoms with E-state index in [9.17, 15) is 4.79 Å². The maximum atomic E-state index is 12.1. The molecule has 1 atom stereocenters. The number of carbonyl (C=O) groups excluding carboxylic acids is 1. The molecule has 1 saturated heterocycles. The molecule has 0 aromatic heterocycles. The van der Waals surface area contributed by atoms with Gasteiger partial charge in [-0.1, -0.05) is 23.7 Å². The van der Waals surface area contributed by atoms with Crippen LogP contribution in [0.2, 0.25) is 5.02 Å². The van der Waals surface area contributed by atoms with Crippen molar-refractivity contribution in [3.8, 4) is 0 Å². The van der Waals surface area contributed by atoms with Gasteiger partial charge in [0.15, 0.2) is 5.78 Å². The van der Waals surface area contributed by atoms with Crippen LogP contribution in [0.1, 0.15) is 23.2 Å². The summed E-state index contributed by atoms with van der Waals surface area (Å²) in [5.41, 5.74) is 0.596. The van der Waals surface area contributed by atoms with Crippen LogP contribution in [0.5, 0.6) is 0 Å². The van der Waals surface area contributed by atoms with Gasteiger partial charge in [0.05, 0.1) is 17.7 Å². The SMILES string of the molecule is CN(CC(=O)c1ccccc1Cl)CC1CCCO1. The van der Waals surface area contributed by atoms with E-state index in [1.165, 1.54) is 0 Å². The fraction of sp³-hybridized carbons (Fsp3) is 0.500. The van der Waals surface area contributed by atoms with E-state index >= 15 is 0 Å². The molecule has 4 heteroatoms. The van der Waals surface area contributed by atoms with Crippen LogP contribution in [0.25, 0.3) is 0 Å². The first kappa shape index (κ1) is 13.5. The molecule has 1 fully saturated rings. The van der Waals surface area contributed by atoms with Crippen LogP contribution in [0, 0.1) is 0 Å². The third kappa shape index (κ3) is 3.55. The Bertz CT molecular complexity index is 416. The van der Waals surface area contributed by atoms with Crippen molar-refractivity contribution in [2.45, 2.75) is 18.9 Å². The second-order valence-corrected chi connectivity index (χ2v) is 5.14. The molecule has 0 spiro atoms. The van der Waals surface area contributed by atoms with E-state index in [1.807, 2.05) is 24.1 Å². The lowest BCUT2D eigenvalue weighted by Crippen LogP contribution is -2.33. The van der Waals surface area contributed by atoms with E-state index in [0.29, 0.717) is 17.1 Å². The van der Waals surface area contributed by atoms with E-state index in [0.717, 1.165) is 26.0 Å². The van der Waals surface area contributed by atoms with Gasteiger partial charge in [-0.15, -0.1) is 0 Å². The Morgan fingerprint density at radius 2 is 2.28 bits per heavy atom. The molecular formula is C14H18ClNO2. The third-order valence-corrected chi connectivity index (χ3v) is 3.46. The molecule has 18 heavy (non-hydrogen) atoms. The Labute approximate surface area is 113 Å². The molecule has 1 aliphatic rings. The number of nitrogens with zero attached hydrogens (tertiary/aromatic N) is 1. The molecule has 1 aromatic carbocycles. The molecule has 2 rings (SSSR count). The van der Waals surface area contributed by atoms with Gasteiger partial charge >= 0.3 is 0 Å². The number of Topliss-reactive ketones (excluding diaryl/α,β-unsaturated/α-hetero) is 1. The number of ether oxygens (including phenoxy) is 1. The van der Waals surface area contributed by atoms with Crippen LogP contribution in [-0.4, -0.2) is 43.5 Å². The van der Waals surface area contributed by atoms with Crippen LogP contribution >= 0.6 is 11.6 Å². The number of rotatable bonds is 5. The van der Waals surface area contributed by atoms with Crippen molar-refractivity contribution in [3.63, 3.8) is 0 Å². The van der Waals surface area contributed by atoms with Gasteiger partial charge in [0.1, 0.15) is 0 Å². The van der Waals surface area contributed by atoms with Crippen LogP contribution in [0.3, 0.4) is 0 Å². The highest BCUT2D eigenvalue weighted by Crippen LogP contribution is 2.17. The van der Waals surface area contributed by atoms with E-state index in [4.69, 9.17) is 16.3 Å². The molecule has 0 bridgehead atoms. The van der Waals surface area contributed by atoms with Crippen molar-refractivity contribution in [3.05, 3.63) is 34.9 Å². The predicted octanol–water partition coefficient (Wildman–Crippen LogP) is 2.63. The van der Waals surface area contributed by atoms with Crippen molar-refractivity contribution in [2.75, 3.05) is 26.7 Å². The van der Waals surface area contributed by atoms with E-state index < -0.39 is 0 Å². The largest absolute Gasteiger partial charge is 0.377 e. The average Bonchev–Trinajstić information content (AvgIpc) is 2.82. The predicted molar refractivity (Wildman–Crippen MR) is 72.3 cm³/mol. The maximum absolute atomic E-state index is 12.1. The molecule has 0 amide bonds. The van der Waals surface area contributed by atoms with E-state index in [1.54, 1.807) is 12.1 Å². The lowest BCUT2D eigenvalue weighted by Gasteiger charge is -2.19. The third-order valence-electron chi connectivity index (χ3n) is 3.13. The van der Waals surface area contributed by atoms with Crippen molar-refractivity contribution < 1.29 is 9.53 Å². The van der Waals surface area contributed by atoms with Gasteiger partial charge in [0.2, 0.25) is 0 Å². The first-order valence-corrected chi connectivity index (χ1v) is 6.62. The zero-order valence-corrected chi connectivity index (χ0v) is 11.3. The Morgan fingerprint density at radius 3 is 2.94 bits per heavy atom. The molecular weight excluding hydrogens is 250 g/mol. The second-order valence-electron chi connectivity index (χ2n) is 4.73. The van der Waals surface area contributed by atoms with Crippen molar-refractivity contribution in [1.29, 1.82) is 0 Å². The monoisotopic (exact) mass is 267 g/mol. The van der Waals surface area contributed by atoms with Crippen molar-refractivity contribution >= 4 is 17.4 Å². The molecule has 0 N–H and O–H groups in total. The summed E-state index contributed by atoms with van der Waals surface area (Å²) in [4.78, 5) is 14.1. The number of benzene rings is 1. The Balaban J connectivity index is 1.88. The quantitative estimate of drug-likeness (QED) is 0.768. The molecule has 0 aliphatic carbocycles. The smallest absolute Gasteiger partial charge is 0.178 e. The standard InChI is InChI=1S/C14H18ClNO2/c1-16(9-11-5-4-8-18-11)10-14(17)12-6-2-3-7-13(12)15/h2-3,6-7,11H,4-5,8-10H2,1H3. The van der Waals surface area contributed by atoms with Crippen LogP contribution in [0.15, 0.2) is 24.3 Å². The zero-order valence-electron chi connectivity index (χ0n) is 10.6. The topological polar surface area (TPSA) is 29.5 Å². The fourth-order valence-corrected chi connectivity index (χ4v) is 2.46. The molecule has 0 saturated carbocycles. The van der Waals surface area contributed by atoms with Gasteiger partial charge in [-0.05, 0) is 32.0 Å². The van der Waals surface area contributed by atoms with Crippen LogP contribution in [-0.2, 0) is 4.74 Å². The number of hydrogen-bond donors (Lipinski definition) is 0. The van der Waals surface area contributed by atoms with Crippen molar-refractivity contribution in [1.82, 2.24) is 4.90 Å². The summed E-state index contributed by atoms with van der Waals surface area (Å²) in [5.74, 6) is 0.0566. The summed E-state index contributed by atoms with van der Waals surface area (Å²) < 4.78 is 5.56. The summed E-state index contributed by atoms with van der Waals surface area (Å²) >= 11 is 6.01. The average molecular weight is 268 g/mol. The lowest BCUT2D eigenvalue weighted by atomic mass is 10.1. The molecule has 1 aromatic rings. The highest BCUT2D eigenvalue weighted by Gasteiger charge is 2.19. The van der Waals surface area contributed by atoms with Gasteiger partial charge in [0.25, 0.3) is 0 Å². The van der Waals surface area contributed by atoms with Gasteiger partial charge in [-0.3, -0.25) is 9.69 Å². The minimum absolute atomic E-state index is 0.0566. The summed E-state index contributed by atoms with van der Waals surface area (Å²) in [5, 5.41) is 0.521. The summed E-state index contributed by atoms with van der Waals surface area (Å²) in [6.07, 6.45) is 2.48. The van der Waals surface area contributed by atoms with E-state index in [2.05, 4.69) is 0 Å². The van der Waals surface area contributed by atoms with Gasteiger partial charge in [-0.25, -0.2) is 0 Å². The maximum Gasteiger partial charge on any atom is 0.178 e. The highest BCUT2D eigenvalue weighted by atomic mass is 35.5. The normalized spacial score (nSPS) is 19.4. The molecule has 3 nitrogen and oxygen atoms in total. The number of likely N-dealkylation sites (N-methyl/N-ethyl adjacent to an activating group) is 1. The number of hydrogen-bond acceptors (Lipinski definition) is 3. The first-order chi connectivity index (χ1) is 8.66. The summed E-state index contributed by atoms with van der Waals surface area (Å²) in [6, 6.07) is 7.17. The molecule has 1 heterocycles. The molecule has 0 radical (unpaired) electrons. The minimum atomic E-state index is 0.0566. The second kappa shape index (κ2) is 6.32. The Kier molecular flexibility index (Phi) is 4.75. The Hall–Kier alpha value is -0.900. The zero-order chi connectivity index (χ0) is 13.0. The highest BCUT2D eigenvalue weighted by molar-refractivity contribution is 6.34. The van der Waals surface area contributed by atoms with Crippen molar-refractivity contribution in [2.24, 2.45) is 0 Å². The Morgan fingerprint density at radius 1 is 1.50 bits per heavy atom. The van der Waals surface area contributed by atoms with Gasteiger partial charge in [-0.2, -0.15) is 0 Å². The number of halogens is 1. The van der Waals surface area contributed by atoms with Crippen LogP contribution < -0.4 is 0 Å². The number of carbonyl (C=O) groups is 1. The molecule has 98 valence electrons. The minimum Gasteiger partial charge on any atom is -0.377 e. The molecule has 1 aliphatic heterocycles. The molecule has 1 unspecified atom stereocenters. The fourth-order valence-electron chi connectivity index (χ4n) is 2.22. The van der Waals surface area contributed by atoms with Crippen LogP contribution in [0.4, 0.5) is 0 Å². The summed E-state index contributed by atoms with van der Waals surface area (Å²) in [7, 11) is 1.94. The number of ketones is 1. The van der Waals surface area contributed by atoms with E-state index in [-0.39, 0.29) is 11.9 Å². The van der Waals surface area contributed by atoms with Gasteiger partial charge < -0.3 is 4.74 Å².